The molecule has 0 unspecified atom stereocenters. The van der Waals surface area contributed by atoms with Gasteiger partial charge in [-0.1, -0.05) is 30.4 Å². The van der Waals surface area contributed by atoms with Gasteiger partial charge in [-0.05, 0) is 44.5 Å². The lowest BCUT2D eigenvalue weighted by Crippen LogP contribution is -2.33. The third-order valence-corrected chi connectivity index (χ3v) is 6.78. The summed E-state index contributed by atoms with van der Waals surface area (Å²) in [5, 5.41) is 13.2. The van der Waals surface area contributed by atoms with Gasteiger partial charge < -0.3 is 15.3 Å². The second-order valence-corrected chi connectivity index (χ2v) is 8.99. The molecule has 0 saturated carbocycles. The Morgan fingerprint density at radius 3 is 2.50 bits per heavy atom. The number of nitrogens with one attached hydrogen (secondary N) is 1. The Kier molecular flexibility index (Phi) is 8.46. The lowest BCUT2D eigenvalue weighted by Gasteiger charge is -2.12. The number of carbonyl (C=O) groups excluding carboxylic acids is 1. The quantitative estimate of drug-likeness (QED) is 0.538. The van der Waals surface area contributed by atoms with E-state index >= 15 is 0 Å². The first-order chi connectivity index (χ1) is 12.4. The summed E-state index contributed by atoms with van der Waals surface area (Å²) < 4.78 is 0.303. The maximum Gasteiger partial charge on any atom is 0.323 e. The standard InChI is InChI=1S/C12H14N2O3S3.C5H11N/c1-7(5-8-13(2)3-4-19-8)10-11(17)14(6-9(15)16)12(18)20-10;1-2-4-6-5-3-1/h5H,3-4,6H2,1-2H3,(H,15,16);6H,1-5H2/b8-5+,10-7-;. The van der Waals surface area contributed by atoms with Gasteiger partial charge in [-0.2, -0.15) is 0 Å². The Labute approximate surface area is 168 Å². The summed E-state index contributed by atoms with van der Waals surface area (Å²) in [7, 11) is 2.01. The van der Waals surface area contributed by atoms with E-state index in [1.54, 1.807) is 11.8 Å². The van der Waals surface area contributed by atoms with Gasteiger partial charge in [0, 0.05) is 19.3 Å². The summed E-state index contributed by atoms with van der Waals surface area (Å²) in [6.07, 6.45) is 6.18. The predicted octanol–water partition coefficient (Wildman–Crippen LogP) is 2.49. The minimum atomic E-state index is -1.07. The Hall–Kier alpha value is -1.03. The highest BCUT2D eigenvalue weighted by Crippen LogP contribution is 2.35. The predicted molar refractivity (Wildman–Crippen MR) is 112 cm³/mol. The number of thioether (sulfide) groups is 2. The topological polar surface area (TPSA) is 72.9 Å². The molecule has 144 valence electrons. The van der Waals surface area contributed by atoms with E-state index in [1.807, 2.05) is 20.0 Å². The van der Waals surface area contributed by atoms with Crippen LogP contribution in [0.1, 0.15) is 26.2 Å². The van der Waals surface area contributed by atoms with E-state index in [1.165, 1.54) is 44.1 Å². The number of nitrogens with zero attached hydrogens (tertiary/aromatic N) is 2. The average Bonchev–Trinajstić information content (AvgIpc) is 3.14. The molecule has 3 aliphatic rings. The second-order valence-electron chi connectivity index (χ2n) is 6.23. The van der Waals surface area contributed by atoms with Gasteiger partial charge in [0.1, 0.15) is 10.9 Å². The van der Waals surface area contributed by atoms with Crippen LogP contribution in [0.15, 0.2) is 21.6 Å². The molecule has 3 rings (SSSR count). The van der Waals surface area contributed by atoms with Crippen LogP contribution in [0.4, 0.5) is 0 Å². The summed E-state index contributed by atoms with van der Waals surface area (Å²) in [6, 6.07) is 0. The van der Waals surface area contributed by atoms with Gasteiger partial charge in [0.05, 0.1) is 9.93 Å². The van der Waals surface area contributed by atoms with Crippen LogP contribution in [0.3, 0.4) is 0 Å². The van der Waals surface area contributed by atoms with Crippen LogP contribution in [-0.2, 0) is 9.59 Å². The fourth-order valence-electron chi connectivity index (χ4n) is 2.62. The smallest absolute Gasteiger partial charge is 0.323 e. The normalized spacial score (nSPS) is 24.0. The van der Waals surface area contributed by atoms with Crippen molar-refractivity contribution >= 4 is 51.9 Å². The molecule has 3 saturated heterocycles. The van der Waals surface area contributed by atoms with E-state index in [9.17, 15) is 9.59 Å². The maximum absolute atomic E-state index is 12.2. The van der Waals surface area contributed by atoms with E-state index in [0.717, 1.165) is 27.8 Å². The zero-order chi connectivity index (χ0) is 19.1. The number of thiocarbonyl (C=S) groups is 1. The zero-order valence-corrected chi connectivity index (χ0v) is 17.6. The minimum Gasteiger partial charge on any atom is -0.480 e. The van der Waals surface area contributed by atoms with Crippen molar-refractivity contribution in [2.45, 2.75) is 26.2 Å². The molecule has 0 spiro atoms. The van der Waals surface area contributed by atoms with E-state index in [0.29, 0.717) is 9.23 Å². The SMILES string of the molecule is C1CCNCC1.CC(/C=C1/SCCN1C)=C1/SC(=S)N(CC(=O)O)C1=O. The Balaban J connectivity index is 0.000000342. The minimum absolute atomic E-state index is 0.303. The van der Waals surface area contributed by atoms with Crippen LogP contribution in [0.2, 0.25) is 0 Å². The maximum atomic E-state index is 12.2. The van der Waals surface area contributed by atoms with Crippen LogP contribution in [0.25, 0.3) is 0 Å². The molecule has 0 radical (unpaired) electrons. The molecule has 0 aromatic rings. The fourth-order valence-corrected chi connectivity index (χ4v) is 5.02. The Morgan fingerprint density at radius 1 is 1.35 bits per heavy atom. The van der Waals surface area contributed by atoms with Gasteiger partial charge in [0.25, 0.3) is 5.91 Å². The fraction of sp³-hybridized carbons (Fsp3) is 0.588. The number of allylic oxidation sites excluding steroid dienone is 2. The highest BCUT2D eigenvalue weighted by atomic mass is 32.2. The van der Waals surface area contributed by atoms with Crippen molar-refractivity contribution < 1.29 is 14.7 Å². The molecular formula is C17H25N3O3S3. The van der Waals surface area contributed by atoms with Crippen molar-refractivity contribution in [3.05, 3.63) is 21.6 Å². The molecule has 0 aliphatic carbocycles. The number of carbonyl (C=O) groups is 2. The van der Waals surface area contributed by atoms with Gasteiger partial charge in [0.15, 0.2) is 0 Å². The van der Waals surface area contributed by atoms with Crippen molar-refractivity contribution in [1.29, 1.82) is 0 Å². The molecule has 0 aromatic carbocycles. The Bertz CT molecular complexity index is 618. The van der Waals surface area contributed by atoms with Crippen LogP contribution in [0.5, 0.6) is 0 Å². The van der Waals surface area contributed by atoms with Gasteiger partial charge in [-0.3, -0.25) is 14.5 Å². The van der Waals surface area contributed by atoms with E-state index in [4.69, 9.17) is 17.3 Å². The highest BCUT2D eigenvalue weighted by molar-refractivity contribution is 8.26. The summed E-state index contributed by atoms with van der Waals surface area (Å²) in [5.41, 5.74) is 0.825. The summed E-state index contributed by atoms with van der Waals surface area (Å²) in [4.78, 5) is 26.7. The number of carboxylic acids is 1. The number of aliphatic carboxylic acids is 1. The van der Waals surface area contributed by atoms with Crippen molar-refractivity contribution in [2.24, 2.45) is 0 Å². The molecule has 0 bridgehead atoms. The van der Waals surface area contributed by atoms with Gasteiger partial charge in [-0.25, -0.2) is 0 Å². The van der Waals surface area contributed by atoms with Crippen LogP contribution in [0, 0.1) is 0 Å². The molecule has 3 heterocycles. The number of carboxylic acid groups (broad SMARTS) is 1. The molecule has 2 N–H and O–H groups in total. The van der Waals surface area contributed by atoms with Crippen LogP contribution >= 0.6 is 35.7 Å². The number of piperidine rings is 1. The largest absolute Gasteiger partial charge is 0.480 e. The molecule has 0 aromatic heterocycles. The molecular weight excluding hydrogens is 390 g/mol. The number of hydrogen-bond acceptors (Lipinski definition) is 7. The molecule has 26 heavy (non-hydrogen) atoms. The third kappa shape index (κ3) is 6.00. The van der Waals surface area contributed by atoms with Crippen molar-refractivity contribution in [2.75, 3.05) is 39.0 Å². The summed E-state index contributed by atoms with van der Waals surface area (Å²) in [5.74, 6) is -0.345. The van der Waals surface area contributed by atoms with Crippen molar-refractivity contribution in [3.8, 4) is 0 Å². The van der Waals surface area contributed by atoms with Crippen LogP contribution in [-0.4, -0.2) is 70.1 Å². The lowest BCUT2D eigenvalue weighted by molar-refractivity contribution is -0.140. The van der Waals surface area contributed by atoms with Gasteiger partial charge >= 0.3 is 5.97 Å². The molecule has 1 amide bonds. The number of rotatable bonds is 3. The summed E-state index contributed by atoms with van der Waals surface area (Å²) >= 11 is 7.98. The highest BCUT2D eigenvalue weighted by Gasteiger charge is 2.34. The van der Waals surface area contributed by atoms with Crippen molar-refractivity contribution in [3.63, 3.8) is 0 Å². The lowest BCUT2D eigenvalue weighted by atomic mass is 10.2. The first-order valence-electron chi connectivity index (χ1n) is 8.63. The first-order valence-corrected chi connectivity index (χ1v) is 10.8. The number of amides is 1. The summed E-state index contributed by atoms with van der Waals surface area (Å²) in [6.45, 7) is 4.96. The van der Waals surface area contributed by atoms with Gasteiger partial charge in [-0.15, -0.1) is 11.8 Å². The van der Waals surface area contributed by atoms with Gasteiger partial charge in [0.2, 0.25) is 0 Å². The molecule has 0 atom stereocenters. The Morgan fingerprint density at radius 2 is 2.04 bits per heavy atom. The van der Waals surface area contributed by atoms with E-state index in [-0.39, 0.29) is 12.5 Å². The molecule has 9 heteroatoms. The van der Waals surface area contributed by atoms with Crippen molar-refractivity contribution in [1.82, 2.24) is 15.1 Å². The molecule has 3 aliphatic heterocycles. The van der Waals surface area contributed by atoms with Crippen LogP contribution < -0.4 is 5.32 Å². The molecule has 6 nitrogen and oxygen atoms in total. The third-order valence-electron chi connectivity index (χ3n) is 4.10. The first kappa shape index (κ1) is 21.3. The number of hydrogen-bond donors (Lipinski definition) is 2. The monoisotopic (exact) mass is 415 g/mol. The average molecular weight is 416 g/mol. The second kappa shape index (κ2) is 10.3. The van der Waals surface area contributed by atoms with E-state index in [2.05, 4.69) is 10.2 Å². The van der Waals surface area contributed by atoms with E-state index < -0.39 is 5.97 Å². The zero-order valence-electron chi connectivity index (χ0n) is 15.1. The molecule has 3 fully saturated rings.